The Hall–Kier alpha value is -1.30. The number of methoxy groups -OCH3 is 1. The summed E-state index contributed by atoms with van der Waals surface area (Å²) in [5, 5.41) is 57.6. The van der Waals surface area contributed by atoms with Gasteiger partial charge < -0.3 is 58.9 Å². The van der Waals surface area contributed by atoms with Gasteiger partial charge in [0.15, 0.2) is 12.6 Å². The van der Waals surface area contributed by atoms with Crippen molar-refractivity contribution in [1.29, 1.82) is 0 Å². The lowest BCUT2D eigenvalue weighted by atomic mass is 9.74. The average Bonchev–Trinajstić information content (AvgIpc) is 3.05. The Morgan fingerprint density at radius 2 is 1.49 bits per heavy atom. The van der Waals surface area contributed by atoms with E-state index in [-0.39, 0.29) is 31.4 Å². The van der Waals surface area contributed by atoms with Crippen molar-refractivity contribution in [2.45, 2.75) is 179 Å². The number of carbonyl (C=O) groups excluding carboxylic acids is 2. The summed E-state index contributed by atoms with van der Waals surface area (Å²) in [6, 6.07) is -0.324. The van der Waals surface area contributed by atoms with Crippen LogP contribution in [0.3, 0.4) is 0 Å². The van der Waals surface area contributed by atoms with Crippen molar-refractivity contribution in [1.82, 2.24) is 4.90 Å². The topological polar surface area (TPSA) is 194 Å². The lowest BCUT2D eigenvalue weighted by Gasteiger charge is -2.49. The van der Waals surface area contributed by atoms with Gasteiger partial charge in [-0.25, -0.2) is 0 Å². The molecule has 0 unspecified atom stereocenters. The Bertz CT molecular complexity index is 1170. The van der Waals surface area contributed by atoms with Crippen molar-refractivity contribution in [3.63, 3.8) is 0 Å². The van der Waals surface area contributed by atoms with E-state index in [2.05, 4.69) is 0 Å². The first kappa shape index (κ1) is 44.1. The van der Waals surface area contributed by atoms with Crippen LogP contribution >= 0.6 is 0 Å². The van der Waals surface area contributed by atoms with E-state index >= 15 is 0 Å². The highest BCUT2D eigenvalue weighted by Gasteiger charge is 2.53. The van der Waals surface area contributed by atoms with E-state index in [4.69, 9.17) is 28.4 Å². The standard InChI is InChI=1S/C37H67NO13/c1-14-25-37(10,45)30(41)20(4)27(39)18(2)16-35(8,44)32(51-34-28(40)24(38(11)12)15-19(3)47-34)21(5)29(22(6)33(43)49-25)50-26-17-36(9,46-13)31(42)23(7)48-26/h18-26,28-32,34,40-42,44-45H,14-17H2,1-13H3/t18-,19-,20+,21+,22-,23+,24+,25-,26+,28-,29+,30-,31+,32-,34+,35-,36-,37-/m1/s1/i11+1,12+1. The minimum atomic E-state index is -1.99. The second kappa shape index (κ2) is 17.0. The molecule has 298 valence electrons. The van der Waals surface area contributed by atoms with E-state index in [1.165, 1.54) is 27.9 Å². The third-order valence-electron chi connectivity index (χ3n) is 11.8. The van der Waals surface area contributed by atoms with Crippen molar-refractivity contribution < 1.29 is 63.5 Å². The van der Waals surface area contributed by atoms with Crippen LogP contribution in [0, 0.1) is 23.7 Å². The van der Waals surface area contributed by atoms with Gasteiger partial charge in [-0.15, -0.1) is 0 Å². The fourth-order valence-electron chi connectivity index (χ4n) is 8.41. The molecule has 0 aromatic carbocycles. The molecule has 0 amide bonds. The highest BCUT2D eigenvalue weighted by Crippen LogP contribution is 2.40. The van der Waals surface area contributed by atoms with Gasteiger partial charge in [0.05, 0.1) is 47.6 Å². The Kier molecular flexibility index (Phi) is 14.7. The normalized spacial score (nSPS) is 49.7. The Morgan fingerprint density at radius 1 is 0.882 bits per heavy atom. The predicted molar refractivity (Wildman–Crippen MR) is 186 cm³/mol. The Balaban J connectivity index is 2.18. The summed E-state index contributed by atoms with van der Waals surface area (Å²) >= 11 is 0. The molecule has 3 rings (SSSR count). The number of rotatable bonds is 7. The van der Waals surface area contributed by atoms with E-state index in [1.54, 1.807) is 41.5 Å². The lowest BCUT2D eigenvalue weighted by molar-refractivity contribution is -0.318. The molecule has 14 nitrogen and oxygen atoms in total. The quantitative estimate of drug-likeness (QED) is 0.188. The van der Waals surface area contributed by atoms with E-state index in [9.17, 15) is 35.1 Å². The fraction of sp³-hybridized carbons (Fsp3) is 0.946. The van der Waals surface area contributed by atoms with Gasteiger partial charge in [0, 0.05) is 37.3 Å². The molecule has 18 atom stereocenters. The molecule has 0 aromatic rings. The molecule has 14 heteroatoms. The first-order chi connectivity index (χ1) is 23.4. The first-order valence-electron chi connectivity index (χ1n) is 18.5. The summed E-state index contributed by atoms with van der Waals surface area (Å²) in [6.45, 7) is 16.3. The van der Waals surface area contributed by atoms with Crippen LogP contribution < -0.4 is 0 Å². The lowest BCUT2D eigenvalue weighted by Crippen LogP contribution is -2.61. The van der Waals surface area contributed by atoms with Gasteiger partial charge in [0.2, 0.25) is 0 Å². The zero-order chi connectivity index (χ0) is 39.0. The second-order valence-corrected chi connectivity index (χ2v) is 16.5. The maximum absolute atomic E-state index is 14.1. The van der Waals surface area contributed by atoms with Gasteiger partial charge in [-0.1, -0.05) is 27.7 Å². The van der Waals surface area contributed by atoms with Gasteiger partial charge in [-0.3, -0.25) is 9.59 Å². The zero-order valence-corrected chi connectivity index (χ0v) is 32.9. The summed E-state index contributed by atoms with van der Waals surface area (Å²) in [7, 11) is 5.18. The Labute approximate surface area is 304 Å². The summed E-state index contributed by atoms with van der Waals surface area (Å²) in [4.78, 5) is 29.8. The highest BCUT2D eigenvalue weighted by molar-refractivity contribution is 5.83. The molecular weight excluding hydrogens is 668 g/mol. The number of ketones is 1. The number of esters is 1. The minimum Gasteiger partial charge on any atom is -0.459 e. The van der Waals surface area contributed by atoms with E-state index in [0.717, 1.165) is 0 Å². The van der Waals surface area contributed by atoms with Crippen LogP contribution in [0.5, 0.6) is 0 Å². The predicted octanol–water partition coefficient (Wildman–Crippen LogP) is 1.79. The number of aliphatic hydroxyl groups excluding tert-OH is 3. The van der Waals surface area contributed by atoms with Gasteiger partial charge in [0.25, 0.3) is 0 Å². The van der Waals surface area contributed by atoms with Crippen molar-refractivity contribution in [3.8, 4) is 0 Å². The van der Waals surface area contributed by atoms with E-state index < -0.39 is 108 Å². The van der Waals surface area contributed by atoms with Crippen LogP contribution in [0.25, 0.3) is 0 Å². The summed E-state index contributed by atoms with van der Waals surface area (Å²) in [5.74, 6) is -4.98. The number of ether oxygens (including phenoxy) is 6. The molecule has 0 radical (unpaired) electrons. The second-order valence-electron chi connectivity index (χ2n) is 16.5. The minimum absolute atomic E-state index is 0.0936. The van der Waals surface area contributed by atoms with Crippen molar-refractivity contribution in [2.24, 2.45) is 23.7 Å². The van der Waals surface area contributed by atoms with Crippen molar-refractivity contribution in [2.75, 3.05) is 21.2 Å². The third-order valence-corrected chi connectivity index (χ3v) is 11.8. The van der Waals surface area contributed by atoms with Gasteiger partial charge >= 0.3 is 5.97 Å². The maximum Gasteiger partial charge on any atom is 0.311 e. The number of nitrogens with zero attached hydrogens (tertiary/aromatic N) is 1. The van der Waals surface area contributed by atoms with Crippen LogP contribution in [-0.4, -0.2) is 148 Å². The van der Waals surface area contributed by atoms with E-state index in [0.29, 0.717) is 6.42 Å². The molecule has 3 heterocycles. The fourth-order valence-corrected chi connectivity index (χ4v) is 8.41. The summed E-state index contributed by atoms with van der Waals surface area (Å²) < 4.78 is 37.1. The van der Waals surface area contributed by atoms with Crippen molar-refractivity contribution >= 4 is 11.8 Å². The molecule has 5 N–H and O–H groups in total. The average molecular weight is 736 g/mol. The SMILES string of the molecule is CC[C@H]1OC(=O)[C@H](C)[C@@H](O[C@H]2C[C@@](C)(OC)[C@@H](O)[C@H](C)O2)[C@H](C)[C@@H](O[C@@H]2O[C@H](C)C[C@H](N([13CH3])[13CH3])[C@H]2O)[C@](C)(O)C[C@@H](C)C(=O)[C@H](C)[C@@H](O)[C@]1(C)O. The van der Waals surface area contributed by atoms with Crippen LogP contribution in [-0.2, 0) is 38.0 Å². The molecule has 0 saturated carbocycles. The van der Waals surface area contributed by atoms with Gasteiger partial charge in [0.1, 0.15) is 29.7 Å². The van der Waals surface area contributed by atoms with Crippen LogP contribution in [0.4, 0.5) is 0 Å². The van der Waals surface area contributed by atoms with Crippen molar-refractivity contribution in [3.05, 3.63) is 0 Å². The Morgan fingerprint density at radius 3 is 2.04 bits per heavy atom. The van der Waals surface area contributed by atoms with Crippen LogP contribution in [0.15, 0.2) is 0 Å². The smallest absolute Gasteiger partial charge is 0.311 e. The zero-order valence-electron chi connectivity index (χ0n) is 32.9. The molecule has 51 heavy (non-hydrogen) atoms. The molecule has 3 aliphatic heterocycles. The molecule has 0 aliphatic carbocycles. The summed E-state index contributed by atoms with van der Waals surface area (Å²) in [5.41, 5.74) is -4.84. The number of cyclic esters (lactones) is 1. The molecule has 0 bridgehead atoms. The number of hydrogen-bond donors (Lipinski definition) is 5. The number of aliphatic hydroxyl groups is 5. The molecule has 3 fully saturated rings. The molecule has 3 aliphatic rings. The van der Waals surface area contributed by atoms with Crippen LogP contribution in [0.2, 0.25) is 0 Å². The number of likely N-dealkylation sites (N-methyl/N-ethyl adjacent to an activating group) is 1. The molecule has 0 spiro atoms. The number of Topliss-reactive ketones (excluding diaryl/α,β-unsaturated/α-hetero) is 1. The van der Waals surface area contributed by atoms with Crippen LogP contribution in [0.1, 0.15) is 94.9 Å². The van der Waals surface area contributed by atoms with E-state index in [1.807, 2.05) is 25.9 Å². The first-order valence-corrected chi connectivity index (χ1v) is 18.5. The van der Waals surface area contributed by atoms with Gasteiger partial charge in [-0.05, 0) is 74.9 Å². The number of hydrogen-bond acceptors (Lipinski definition) is 14. The molecular formula is C37H67NO13. The largest absolute Gasteiger partial charge is 0.459 e. The molecule has 3 saturated heterocycles. The maximum atomic E-state index is 14.1. The summed E-state index contributed by atoms with van der Waals surface area (Å²) in [6.07, 6.45) is -9.71. The highest BCUT2D eigenvalue weighted by atomic mass is 16.7. The van der Waals surface area contributed by atoms with Gasteiger partial charge in [-0.2, -0.15) is 0 Å². The molecule has 0 aromatic heterocycles. The third kappa shape index (κ3) is 9.51. The monoisotopic (exact) mass is 735 g/mol. The number of carbonyl (C=O) groups is 2.